The monoisotopic (exact) mass is 223 g/mol. The number of allylic oxidation sites excluding steroid dienone is 1. The summed E-state index contributed by atoms with van der Waals surface area (Å²) >= 11 is 0. The quantitative estimate of drug-likeness (QED) is 0.746. The first-order chi connectivity index (χ1) is 7.78. The molecule has 1 aliphatic heterocycles. The minimum atomic E-state index is -0.327. The molecule has 1 heterocycles. The van der Waals surface area contributed by atoms with Gasteiger partial charge in [0.2, 0.25) is 5.78 Å². The number of nitrogens with two attached hydrogens (primary N) is 1. The van der Waals surface area contributed by atoms with Gasteiger partial charge in [0.15, 0.2) is 5.76 Å². The minimum absolute atomic E-state index is 0.161. The molecule has 16 heavy (non-hydrogen) atoms. The lowest BCUT2D eigenvalue weighted by Crippen LogP contribution is -2.39. The van der Waals surface area contributed by atoms with E-state index < -0.39 is 0 Å². The smallest absolute Gasteiger partial charge is 0.204 e. The summed E-state index contributed by atoms with van der Waals surface area (Å²) in [5, 5.41) is 0. The molecule has 0 aromatic heterocycles. The van der Waals surface area contributed by atoms with Crippen molar-refractivity contribution in [2.45, 2.75) is 44.9 Å². The number of hydrogen-bond donors (Lipinski definition) is 1. The highest BCUT2D eigenvalue weighted by molar-refractivity contribution is 5.98. The number of hydrogen-bond acceptors (Lipinski definition) is 3. The van der Waals surface area contributed by atoms with Gasteiger partial charge in [-0.1, -0.05) is 25.7 Å². The van der Waals surface area contributed by atoms with Crippen LogP contribution in [0.25, 0.3) is 0 Å². The van der Waals surface area contributed by atoms with Crippen LogP contribution in [0, 0.1) is 5.41 Å². The van der Waals surface area contributed by atoms with Crippen molar-refractivity contribution in [1.82, 2.24) is 0 Å². The summed E-state index contributed by atoms with van der Waals surface area (Å²) in [5.41, 5.74) is 5.55. The largest absolute Gasteiger partial charge is 0.490 e. The molecular weight excluding hydrogens is 202 g/mol. The fourth-order valence-electron chi connectivity index (χ4n) is 2.77. The molecule has 1 fully saturated rings. The Hall–Kier alpha value is -0.830. The lowest BCUT2D eigenvalue weighted by molar-refractivity contribution is -0.128. The van der Waals surface area contributed by atoms with Crippen molar-refractivity contribution in [3.8, 4) is 0 Å². The third kappa shape index (κ3) is 2.14. The maximum Gasteiger partial charge on any atom is 0.204 e. The zero-order valence-corrected chi connectivity index (χ0v) is 9.84. The zero-order chi connectivity index (χ0) is 11.4. The fourth-order valence-corrected chi connectivity index (χ4v) is 2.77. The summed E-state index contributed by atoms with van der Waals surface area (Å²) in [7, 11) is 0. The predicted octanol–water partition coefficient (Wildman–Crippen LogP) is 2.16. The van der Waals surface area contributed by atoms with Crippen LogP contribution >= 0.6 is 0 Å². The van der Waals surface area contributed by atoms with Gasteiger partial charge in [-0.15, -0.1) is 0 Å². The number of ether oxygens (including phenoxy) is 1. The predicted molar refractivity (Wildman–Crippen MR) is 62.8 cm³/mol. The Morgan fingerprint density at radius 1 is 1.31 bits per heavy atom. The summed E-state index contributed by atoms with van der Waals surface area (Å²) in [4.78, 5) is 12.4. The van der Waals surface area contributed by atoms with E-state index in [0.717, 1.165) is 32.1 Å². The van der Waals surface area contributed by atoms with E-state index in [1.54, 1.807) is 0 Å². The Bertz CT molecular complexity index is 288. The lowest BCUT2D eigenvalue weighted by atomic mass is 9.76. The Balaban J connectivity index is 2.15. The van der Waals surface area contributed by atoms with Crippen molar-refractivity contribution in [1.29, 1.82) is 0 Å². The summed E-state index contributed by atoms with van der Waals surface area (Å²) in [6, 6.07) is 0. The van der Waals surface area contributed by atoms with Crippen molar-refractivity contribution < 1.29 is 9.53 Å². The molecule has 0 bridgehead atoms. The third-order valence-electron chi connectivity index (χ3n) is 3.86. The standard InChI is InChI=1S/C13H21NO2/c14-10-13(7-3-1-2-4-8-13)12(15)11-6-5-9-16-11/h6H,1-5,7-10,14H2. The SMILES string of the molecule is NCC1(C(=O)C2=CCCO2)CCCCCC1. The number of carbonyl (C=O) groups is 1. The zero-order valence-electron chi connectivity index (χ0n) is 9.84. The molecule has 0 atom stereocenters. The molecule has 2 N–H and O–H groups in total. The molecule has 0 aromatic carbocycles. The number of carbonyl (C=O) groups excluding carboxylic acids is 1. The first-order valence-electron chi connectivity index (χ1n) is 6.36. The van der Waals surface area contributed by atoms with Crippen LogP contribution in [-0.2, 0) is 9.53 Å². The Kier molecular flexibility index (Phi) is 3.64. The topological polar surface area (TPSA) is 52.3 Å². The van der Waals surface area contributed by atoms with E-state index in [4.69, 9.17) is 10.5 Å². The Labute approximate surface area is 97.0 Å². The van der Waals surface area contributed by atoms with Crippen LogP contribution in [0.5, 0.6) is 0 Å². The van der Waals surface area contributed by atoms with Gasteiger partial charge in [0.25, 0.3) is 0 Å². The summed E-state index contributed by atoms with van der Waals surface area (Å²) in [6.07, 6.45) is 9.36. The van der Waals surface area contributed by atoms with E-state index >= 15 is 0 Å². The van der Waals surface area contributed by atoms with Crippen molar-refractivity contribution >= 4 is 5.78 Å². The van der Waals surface area contributed by atoms with Gasteiger partial charge in [0, 0.05) is 18.4 Å². The normalized spacial score (nSPS) is 24.4. The highest BCUT2D eigenvalue weighted by Gasteiger charge is 2.40. The summed E-state index contributed by atoms with van der Waals surface area (Å²) in [5.74, 6) is 0.738. The van der Waals surface area contributed by atoms with Gasteiger partial charge in [-0.3, -0.25) is 4.79 Å². The van der Waals surface area contributed by atoms with Gasteiger partial charge in [0.05, 0.1) is 6.61 Å². The third-order valence-corrected chi connectivity index (χ3v) is 3.86. The van der Waals surface area contributed by atoms with E-state index in [-0.39, 0.29) is 11.2 Å². The number of ketones is 1. The molecule has 0 unspecified atom stereocenters. The molecule has 0 amide bonds. The fraction of sp³-hybridized carbons (Fsp3) is 0.769. The maximum absolute atomic E-state index is 12.4. The second-order valence-electron chi connectivity index (χ2n) is 4.93. The van der Waals surface area contributed by atoms with Gasteiger partial charge in [-0.2, -0.15) is 0 Å². The molecule has 3 heteroatoms. The number of Topliss-reactive ketones (excluding diaryl/α,β-unsaturated/α-hetero) is 1. The Morgan fingerprint density at radius 2 is 2.00 bits per heavy atom. The highest BCUT2D eigenvalue weighted by Crippen LogP contribution is 2.37. The van der Waals surface area contributed by atoms with E-state index in [1.807, 2.05) is 6.08 Å². The molecule has 90 valence electrons. The van der Waals surface area contributed by atoms with Crippen LogP contribution in [-0.4, -0.2) is 18.9 Å². The van der Waals surface area contributed by atoms with Crippen molar-refractivity contribution in [3.63, 3.8) is 0 Å². The molecular formula is C13H21NO2. The summed E-state index contributed by atoms with van der Waals surface area (Å²) in [6.45, 7) is 1.12. The average Bonchev–Trinajstić information content (AvgIpc) is 2.73. The second kappa shape index (κ2) is 5.00. The van der Waals surface area contributed by atoms with Gasteiger partial charge >= 0.3 is 0 Å². The molecule has 0 radical (unpaired) electrons. The van der Waals surface area contributed by atoms with E-state index in [2.05, 4.69) is 0 Å². The molecule has 2 rings (SSSR count). The average molecular weight is 223 g/mol. The van der Waals surface area contributed by atoms with Crippen molar-refractivity contribution in [3.05, 3.63) is 11.8 Å². The molecule has 3 nitrogen and oxygen atoms in total. The van der Waals surface area contributed by atoms with Gasteiger partial charge in [0.1, 0.15) is 0 Å². The van der Waals surface area contributed by atoms with Crippen LogP contribution in [0.2, 0.25) is 0 Å². The molecule has 0 aromatic rings. The van der Waals surface area contributed by atoms with Crippen LogP contribution in [0.3, 0.4) is 0 Å². The van der Waals surface area contributed by atoms with Crippen LogP contribution in [0.1, 0.15) is 44.9 Å². The van der Waals surface area contributed by atoms with Gasteiger partial charge in [-0.05, 0) is 18.9 Å². The molecule has 0 saturated heterocycles. The van der Waals surface area contributed by atoms with E-state index in [1.165, 1.54) is 12.8 Å². The number of rotatable bonds is 3. The Morgan fingerprint density at radius 3 is 2.50 bits per heavy atom. The highest BCUT2D eigenvalue weighted by atomic mass is 16.5. The van der Waals surface area contributed by atoms with Crippen LogP contribution < -0.4 is 5.73 Å². The maximum atomic E-state index is 12.4. The van der Waals surface area contributed by atoms with Gasteiger partial charge < -0.3 is 10.5 Å². The van der Waals surface area contributed by atoms with E-state index in [0.29, 0.717) is 18.9 Å². The van der Waals surface area contributed by atoms with Crippen molar-refractivity contribution in [2.24, 2.45) is 11.1 Å². The lowest BCUT2D eigenvalue weighted by Gasteiger charge is -2.29. The molecule has 1 saturated carbocycles. The molecule has 0 spiro atoms. The first-order valence-corrected chi connectivity index (χ1v) is 6.36. The van der Waals surface area contributed by atoms with Crippen LogP contribution in [0.4, 0.5) is 0 Å². The second-order valence-corrected chi connectivity index (χ2v) is 4.93. The van der Waals surface area contributed by atoms with E-state index in [9.17, 15) is 4.79 Å². The van der Waals surface area contributed by atoms with Gasteiger partial charge in [-0.25, -0.2) is 0 Å². The van der Waals surface area contributed by atoms with Crippen molar-refractivity contribution in [2.75, 3.05) is 13.2 Å². The molecule has 1 aliphatic carbocycles. The first kappa shape index (κ1) is 11.6. The van der Waals surface area contributed by atoms with Crippen LogP contribution in [0.15, 0.2) is 11.8 Å². The summed E-state index contributed by atoms with van der Waals surface area (Å²) < 4.78 is 5.39. The molecule has 2 aliphatic rings. The minimum Gasteiger partial charge on any atom is -0.490 e.